The third-order valence-corrected chi connectivity index (χ3v) is 2.55. The SMILES string of the molecule is CC(C)CNc1oc(COc2ccccc2)nc1C#N. The normalized spacial score (nSPS) is 10.3. The van der Waals surface area contributed by atoms with Crippen LogP contribution in [0, 0.1) is 17.2 Å². The molecule has 20 heavy (non-hydrogen) atoms. The second kappa shape index (κ2) is 6.62. The molecule has 0 aliphatic rings. The molecule has 0 aliphatic heterocycles. The number of nitrogens with one attached hydrogen (secondary N) is 1. The van der Waals surface area contributed by atoms with E-state index in [4.69, 9.17) is 14.4 Å². The third kappa shape index (κ3) is 3.75. The van der Waals surface area contributed by atoms with E-state index in [1.54, 1.807) is 0 Å². The van der Waals surface area contributed by atoms with Crippen molar-refractivity contribution >= 4 is 5.88 Å². The van der Waals surface area contributed by atoms with Gasteiger partial charge in [0, 0.05) is 6.54 Å². The summed E-state index contributed by atoms with van der Waals surface area (Å²) in [7, 11) is 0. The topological polar surface area (TPSA) is 71.1 Å². The molecule has 1 heterocycles. The summed E-state index contributed by atoms with van der Waals surface area (Å²) in [6.07, 6.45) is 0. The largest absolute Gasteiger partial charge is 0.484 e. The van der Waals surface area contributed by atoms with E-state index in [1.165, 1.54) is 0 Å². The molecular weight excluding hydrogens is 254 g/mol. The quantitative estimate of drug-likeness (QED) is 0.873. The van der Waals surface area contributed by atoms with Gasteiger partial charge < -0.3 is 14.5 Å². The van der Waals surface area contributed by atoms with Crippen LogP contribution in [0.5, 0.6) is 5.75 Å². The molecule has 1 aromatic carbocycles. The first-order valence-electron chi connectivity index (χ1n) is 6.50. The molecule has 0 saturated carbocycles. The van der Waals surface area contributed by atoms with E-state index in [9.17, 15) is 0 Å². The third-order valence-electron chi connectivity index (χ3n) is 2.55. The van der Waals surface area contributed by atoms with Gasteiger partial charge in [0.1, 0.15) is 11.8 Å². The van der Waals surface area contributed by atoms with E-state index < -0.39 is 0 Å². The van der Waals surface area contributed by atoms with Crippen molar-refractivity contribution in [2.45, 2.75) is 20.5 Å². The Hall–Kier alpha value is -2.48. The molecular formula is C15H17N3O2. The number of benzene rings is 1. The molecule has 0 amide bonds. The minimum atomic E-state index is 0.196. The van der Waals surface area contributed by atoms with Crippen LogP contribution >= 0.6 is 0 Å². The Labute approximate surface area is 118 Å². The Kier molecular flexibility index (Phi) is 4.61. The van der Waals surface area contributed by atoms with Gasteiger partial charge >= 0.3 is 0 Å². The van der Waals surface area contributed by atoms with Gasteiger partial charge in [-0.1, -0.05) is 32.0 Å². The highest BCUT2D eigenvalue weighted by Gasteiger charge is 2.13. The lowest BCUT2D eigenvalue weighted by Crippen LogP contribution is -2.08. The van der Waals surface area contributed by atoms with E-state index in [2.05, 4.69) is 24.1 Å². The van der Waals surface area contributed by atoms with Crippen molar-refractivity contribution in [1.29, 1.82) is 5.26 Å². The van der Waals surface area contributed by atoms with Crippen LogP contribution in [0.15, 0.2) is 34.7 Å². The molecule has 5 nitrogen and oxygen atoms in total. The summed E-state index contributed by atoms with van der Waals surface area (Å²) in [5, 5.41) is 12.1. The van der Waals surface area contributed by atoms with Crippen LogP contribution in [-0.4, -0.2) is 11.5 Å². The van der Waals surface area contributed by atoms with Gasteiger partial charge in [-0.25, -0.2) is 0 Å². The maximum atomic E-state index is 9.03. The van der Waals surface area contributed by atoms with E-state index in [0.29, 0.717) is 17.7 Å². The molecule has 0 bridgehead atoms. The molecule has 0 atom stereocenters. The molecule has 0 fully saturated rings. The number of hydrogen-bond acceptors (Lipinski definition) is 5. The average Bonchev–Trinajstić information content (AvgIpc) is 2.86. The van der Waals surface area contributed by atoms with Crippen molar-refractivity contribution < 1.29 is 9.15 Å². The Balaban J connectivity index is 2.00. The number of para-hydroxylation sites is 1. The van der Waals surface area contributed by atoms with Crippen LogP contribution < -0.4 is 10.1 Å². The van der Waals surface area contributed by atoms with Gasteiger partial charge in [0.15, 0.2) is 6.61 Å². The van der Waals surface area contributed by atoms with Gasteiger partial charge in [0.2, 0.25) is 17.5 Å². The standard InChI is InChI=1S/C15H17N3O2/c1-11(2)9-17-15-13(8-16)18-14(20-15)10-19-12-6-4-3-5-7-12/h3-7,11,17H,9-10H2,1-2H3. The number of ether oxygens (including phenoxy) is 1. The summed E-state index contributed by atoms with van der Waals surface area (Å²) in [4.78, 5) is 4.11. The zero-order chi connectivity index (χ0) is 14.4. The first-order valence-corrected chi connectivity index (χ1v) is 6.50. The number of hydrogen-bond donors (Lipinski definition) is 1. The minimum Gasteiger partial charge on any atom is -0.484 e. The van der Waals surface area contributed by atoms with E-state index >= 15 is 0 Å². The fourth-order valence-corrected chi connectivity index (χ4v) is 1.58. The molecule has 0 saturated heterocycles. The lowest BCUT2D eigenvalue weighted by molar-refractivity contribution is 0.264. The van der Waals surface area contributed by atoms with Gasteiger partial charge in [-0.15, -0.1) is 0 Å². The fourth-order valence-electron chi connectivity index (χ4n) is 1.58. The number of anilines is 1. The number of rotatable bonds is 6. The van der Waals surface area contributed by atoms with Crippen LogP contribution in [-0.2, 0) is 6.61 Å². The molecule has 0 aliphatic carbocycles. The molecule has 1 aromatic heterocycles. The highest BCUT2D eigenvalue weighted by molar-refractivity contribution is 5.45. The van der Waals surface area contributed by atoms with Crippen molar-refractivity contribution in [2.75, 3.05) is 11.9 Å². The first kappa shape index (κ1) is 13.9. The number of nitrogens with zero attached hydrogens (tertiary/aromatic N) is 2. The molecule has 2 aromatic rings. The van der Waals surface area contributed by atoms with Crippen LogP contribution in [0.3, 0.4) is 0 Å². The van der Waals surface area contributed by atoms with Crippen LogP contribution in [0.2, 0.25) is 0 Å². The van der Waals surface area contributed by atoms with E-state index in [0.717, 1.165) is 12.3 Å². The van der Waals surface area contributed by atoms with E-state index in [1.807, 2.05) is 36.4 Å². The zero-order valence-corrected chi connectivity index (χ0v) is 11.6. The van der Waals surface area contributed by atoms with Gasteiger partial charge in [0.25, 0.3) is 0 Å². The predicted molar refractivity (Wildman–Crippen MR) is 75.3 cm³/mol. The molecule has 1 N–H and O–H groups in total. The summed E-state index contributed by atoms with van der Waals surface area (Å²) >= 11 is 0. The van der Waals surface area contributed by atoms with Crippen LogP contribution in [0.1, 0.15) is 25.4 Å². The number of nitriles is 1. The lowest BCUT2D eigenvalue weighted by atomic mass is 10.2. The average molecular weight is 271 g/mol. The first-order chi connectivity index (χ1) is 9.69. The zero-order valence-electron chi connectivity index (χ0n) is 11.6. The number of aromatic nitrogens is 1. The molecule has 2 rings (SSSR count). The Morgan fingerprint density at radius 3 is 2.75 bits per heavy atom. The second-order valence-electron chi connectivity index (χ2n) is 4.77. The molecule has 104 valence electrons. The summed E-state index contributed by atoms with van der Waals surface area (Å²) in [6, 6.07) is 11.4. The van der Waals surface area contributed by atoms with Gasteiger partial charge in [-0.3, -0.25) is 0 Å². The van der Waals surface area contributed by atoms with Gasteiger partial charge in [0.05, 0.1) is 0 Å². The van der Waals surface area contributed by atoms with Gasteiger partial charge in [-0.05, 0) is 18.1 Å². The fraction of sp³-hybridized carbons (Fsp3) is 0.333. The van der Waals surface area contributed by atoms with Crippen LogP contribution in [0.4, 0.5) is 5.88 Å². The van der Waals surface area contributed by atoms with Crippen molar-refractivity contribution in [2.24, 2.45) is 5.92 Å². The smallest absolute Gasteiger partial charge is 0.236 e. The Morgan fingerprint density at radius 1 is 1.35 bits per heavy atom. The molecule has 0 radical (unpaired) electrons. The maximum Gasteiger partial charge on any atom is 0.236 e. The van der Waals surface area contributed by atoms with Crippen molar-refractivity contribution in [3.05, 3.63) is 41.9 Å². The summed E-state index contributed by atoms with van der Waals surface area (Å²) in [5.41, 5.74) is 0.261. The highest BCUT2D eigenvalue weighted by atomic mass is 16.5. The summed E-state index contributed by atoms with van der Waals surface area (Å²) < 4.78 is 11.0. The molecule has 0 spiro atoms. The monoisotopic (exact) mass is 271 g/mol. The van der Waals surface area contributed by atoms with E-state index in [-0.39, 0.29) is 12.3 Å². The minimum absolute atomic E-state index is 0.196. The predicted octanol–water partition coefficient (Wildman–Crippen LogP) is 3.19. The summed E-state index contributed by atoms with van der Waals surface area (Å²) in [6.45, 7) is 5.08. The molecule has 0 unspecified atom stereocenters. The van der Waals surface area contributed by atoms with Crippen molar-refractivity contribution in [3.8, 4) is 11.8 Å². The van der Waals surface area contributed by atoms with Crippen LogP contribution in [0.25, 0.3) is 0 Å². The Bertz CT molecular complexity index is 585. The van der Waals surface area contributed by atoms with Crippen molar-refractivity contribution in [1.82, 2.24) is 4.98 Å². The maximum absolute atomic E-state index is 9.03. The Morgan fingerprint density at radius 2 is 2.10 bits per heavy atom. The van der Waals surface area contributed by atoms with Gasteiger partial charge in [-0.2, -0.15) is 10.2 Å². The highest BCUT2D eigenvalue weighted by Crippen LogP contribution is 2.18. The number of oxazole rings is 1. The molecule has 5 heteroatoms. The van der Waals surface area contributed by atoms with Crippen molar-refractivity contribution in [3.63, 3.8) is 0 Å². The lowest BCUT2D eigenvalue weighted by Gasteiger charge is -2.05. The summed E-state index contributed by atoms with van der Waals surface area (Å²) in [5.74, 6) is 1.99. The second-order valence-corrected chi connectivity index (χ2v) is 4.77.